The second kappa shape index (κ2) is 5.90. The van der Waals surface area contributed by atoms with Crippen LogP contribution in [0.4, 0.5) is 0 Å². The Kier molecular flexibility index (Phi) is 3.80. The van der Waals surface area contributed by atoms with E-state index < -0.39 is 0 Å². The highest BCUT2D eigenvalue weighted by atomic mass is 32.1. The maximum absolute atomic E-state index is 12.3. The first kappa shape index (κ1) is 14.2. The molecule has 0 aliphatic heterocycles. The normalized spacial score (nSPS) is 12.3. The van der Waals surface area contributed by atoms with Gasteiger partial charge in [0.05, 0.1) is 11.2 Å². The number of rotatable bonds is 3. The van der Waals surface area contributed by atoms with Crippen LogP contribution < -0.4 is 11.3 Å². The zero-order chi connectivity index (χ0) is 15.5. The molecule has 0 aromatic carbocycles. The van der Waals surface area contributed by atoms with Crippen LogP contribution in [0.15, 0.2) is 51.8 Å². The van der Waals surface area contributed by atoms with Gasteiger partial charge < -0.3 is 10.7 Å². The third-order valence-electron chi connectivity index (χ3n) is 3.11. The number of aliphatic imine (C=N–C) groups is 1. The Morgan fingerprint density at radius 1 is 1.45 bits per heavy atom. The van der Waals surface area contributed by atoms with E-state index in [0.29, 0.717) is 21.8 Å². The minimum atomic E-state index is -0.196. The highest BCUT2D eigenvalue weighted by molar-refractivity contribution is 7.17. The molecule has 0 unspecified atom stereocenters. The van der Waals surface area contributed by atoms with Gasteiger partial charge in [-0.15, -0.1) is 11.3 Å². The van der Waals surface area contributed by atoms with E-state index in [2.05, 4.69) is 19.9 Å². The first-order chi connectivity index (χ1) is 10.7. The van der Waals surface area contributed by atoms with Crippen LogP contribution in [0.3, 0.4) is 0 Å². The number of thiophene rings is 1. The molecule has 7 heteroatoms. The second-order valence-electron chi connectivity index (χ2n) is 4.42. The summed E-state index contributed by atoms with van der Waals surface area (Å²) in [5.41, 5.74) is 7.96. The summed E-state index contributed by atoms with van der Waals surface area (Å²) in [6, 6.07) is 5.63. The number of hydrogen-bond donors (Lipinski definition) is 2. The fraction of sp³-hybridized carbons (Fsp3) is 0.0667. The number of fused-ring (bicyclic) bond motifs is 1. The molecule has 0 saturated carbocycles. The average Bonchev–Trinajstić information content (AvgIpc) is 2.98. The van der Waals surface area contributed by atoms with E-state index in [9.17, 15) is 4.79 Å². The van der Waals surface area contributed by atoms with Crippen molar-refractivity contribution in [2.24, 2.45) is 10.7 Å². The minimum Gasteiger partial charge on any atom is -0.405 e. The molecule has 110 valence electrons. The molecule has 3 aromatic rings. The van der Waals surface area contributed by atoms with E-state index in [1.807, 2.05) is 23.6 Å². The van der Waals surface area contributed by atoms with Gasteiger partial charge >= 0.3 is 0 Å². The molecule has 0 aliphatic carbocycles. The van der Waals surface area contributed by atoms with Crippen molar-refractivity contribution in [3.63, 3.8) is 0 Å². The Labute approximate surface area is 130 Å². The number of H-pyrrole nitrogens is 1. The molecular weight excluding hydrogens is 298 g/mol. The second-order valence-corrected chi connectivity index (χ2v) is 5.30. The third kappa shape index (κ3) is 2.42. The van der Waals surface area contributed by atoms with Crippen molar-refractivity contribution in [3.8, 4) is 11.3 Å². The highest BCUT2D eigenvalue weighted by Crippen LogP contribution is 2.29. The van der Waals surface area contributed by atoms with Gasteiger partial charge in [-0.25, -0.2) is 4.98 Å². The molecule has 3 N–H and O–H groups in total. The summed E-state index contributed by atoms with van der Waals surface area (Å²) in [5.74, 6) is 0.386. The number of pyridine rings is 1. The van der Waals surface area contributed by atoms with Crippen LogP contribution in [0.5, 0.6) is 0 Å². The molecule has 0 radical (unpaired) electrons. The van der Waals surface area contributed by atoms with Gasteiger partial charge in [0.1, 0.15) is 10.4 Å². The number of allylic oxidation sites excluding steroid dienone is 1. The fourth-order valence-corrected chi connectivity index (χ4v) is 3.00. The van der Waals surface area contributed by atoms with Crippen molar-refractivity contribution in [2.45, 2.75) is 0 Å². The quantitative estimate of drug-likeness (QED) is 0.722. The van der Waals surface area contributed by atoms with E-state index in [1.165, 1.54) is 17.5 Å². The van der Waals surface area contributed by atoms with Crippen LogP contribution in [-0.2, 0) is 0 Å². The number of hydrogen-bond acceptors (Lipinski definition) is 6. The Morgan fingerprint density at radius 2 is 2.32 bits per heavy atom. The smallest absolute Gasteiger partial charge is 0.269 e. The van der Waals surface area contributed by atoms with E-state index in [0.717, 1.165) is 11.3 Å². The first-order valence-corrected chi connectivity index (χ1v) is 7.41. The molecule has 3 heterocycles. The van der Waals surface area contributed by atoms with Gasteiger partial charge in [0.2, 0.25) is 0 Å². The van der Waals surface area contributed by atoms with Crippen molar-refractivity contribution in [1.82, 2.24) is 15.0 Å². The van der Waals surface area contributed by atoms with Crippen molar-refractivity contribution >= 4 is 27.3 Å². The summed E-state index contributed by atoms with van der Waals surface area (Å²) in [6.45, 7) is 0. The van der Waals surface area contributed by atoms with Crippen LogP contribution in [0.2, 0.25) is 0 Å². The van der Waals surface area contributed by atoms with E-state index in [1.54, 1.807) is 19.3 Å². The van der Waals surface area contributed by atoms with Gasteiger partial charge in [0.15, 0.2) is 5.82 Å². The molecule has 3 aromatic heterocycles. The standard InChI is InChI=1S/C15H13N5OS/c1-17-11(5-6-16)14-19-12-9(10-4-2-3-7-18-10)8-22-13(12)15(21)20-14/h2-8H,16H2,1H3,(H,19,20,21). The van der Waals surface area contributed by atoms with E-state index in [4.69, 9.17) is 5.73 Å². The Hall–Kier alpha value is -2.80. The molecule has 0 atom stereocenters. The number of aromatic nitrogens is 3. The van der Waals surface area contributed by atoms with Crippen molar-refractivity contribution in [1.29, 1.82) is 0 Å². The van der Waals surface area contributed by atoms with Gasteiger partial charge in [-0.05, 0) is 24.4 Å². The summed E-state index contributed by atoms with van der Waals surface area (Å²) in [4.78, 5) is 27.9. The topological polar surface area (TPSA) is 97.0 Å². The predicted molar refractivity (Wildman–Crippen MR) is 89.3 cm³/mol. The monoisotopic (exact) mass is 311 g/mol. The molecule has 6 nitrogen and oxygen atoms in total. The zero-order valence-corrected chi connectivity index (χ0v) is 12.6. The van der Waals surface area contributed by atoms with Gasteiger partial charge in [-0.2, -0.15) is 0 Å². The summed E-state index contributed by atoms with van der Waals surface area (Å²) in [5, 5.41) is 1.89. The maximum Gasteiger partial charge on any atom is 0.269 e. The predicted octanol–water partition coefficient (Wildman–Crippen LogP) is 1.94. The molecular formula is C15H13N5OS. The number of nitrogens with one attached hydrogen (secondary N) is 1. The Balaban J connectivity index is 2.26. The van der Waals surface area contributed by atoms with E-state index >= 15 is 0 Å². The van der Waals surface area contributed by atoms with Crippen molar-refractivity contribution < 1.29 is 0 Å². The molecule has 0 bridgehead atoms. The van der Waals surface area contributed by atoms with Crippen LogP contribution in [-0.4, -0.2) is 27.7 Å². The summed E-state index contributed by atoms with van der Waals surface area (Å²) in [7, 11) is 1.62. The molecule has 0 fully saturated rings. The molecule has 22 heavy (non-hydrogen) atoms. The number of aromatic amines is 1. The van der Waals surface area contributed by atoms with Crippen LogP contribution in [0.1, 0.15) is 5.82 Å². The summed E-state index contributed by atoms with van der Waals surface area (Å²) in [6.07, 6.45) is 4.67. The largest absolute Gasteiger partial charge is 0.405 e. The van der Waals surface area contributed by atoms with Gasteiger partial charge in [0.25, 0.3) is 5.56 Å². The molecule has 3 rings (SSSR count). The maximum atomic E-state index is 12.3. The fourth-order valence-electron chi connectivity index (χ4n) is 2.10. The molecule has 0 amide bonds. The Morgan fingerprint density at radius 3 is 3.00 bits per heavy atom. The SMILES string of the molecule is CN=C(C=CN)c1nc2c(-c3ccccn3)csc2c(=O)[nH]1. The van der Waals surface area contributed by atoms with Gasteiger partial charge in [-0.1, -0.05) is 6.07 Å². The Bertz CT molecular complexity index is 924. The lowest BCUT2D eigenvalue weighted by Crippen LogP contribution is -2.14. The highest BCUT2D eigenvalue weighted by Gasteiger charge is 2.14. The zero-order valence-electron chi connectivity index (χ0n) is 11.8. The molecule has 0 spiro atoms. The van der Waals surface area contributed by atoms with Crippen LogP contribution in [0.25, 0.3) is 21.5 Å². The van der Waals surface area contributed by atoms with E-state index in [-0.39, 0.29) is 5.56 Å². The molecule has 0 aliphatic rings. The lowest BCUT2D eigenvalue weighted by atomic mass is 10.2. The lowest BCUT2D eigenvalue weighted by molar-refractivity contribution is 1.14. The van der Waals surface area contributed by atoms with Crippen LogP contribution >= 0.6 is 11.3 Å². The summed E-state index contributed by atoms with van der Waals surface area (Å²) < 4.78 is 0.566. The van der Waals surface area contributed by atoms with Crippen molar-refractivity contribution in [2.75, 3.05) is 7.05 Å². The summed E-state index contributed by atoms with van der Waals surface area (Å²) >= 11 is 1.35. The van der Waals surface area contributed by atoms with Gasteiger partial charge in [0, 0.05) is 24.2 Å². The van der Waals surface area contributed by atoms with Crippen LogP contribution in [0, 0.1) is 0 Å². The molecule has 0 saturated heterocycles. The first-order valence-electron chi connectivity index (χ1n) is 6.53. The van der Waals surface area contributed by atoms with Crippen molar-refractivity contribution in [3.05, 3.63) is 58.2 Å². The third-order valence-corrected chi connectivity index (χ3v) is 4.07. The van der Waals surface area contributed by atoms with Gasteiger partial charge in [-0.3, -0.25) is 14.8 Å². The minimum absolute atomic E-state index is 0.196. The average molecular weight is 311 g/mol. The number of nitrogens with zero attached hydrogens (tertiary/aromatic N) is 3. The number of nitrogens with two attached hydrogens (primary N) is 1. The lowest BCUT2D eigenvalue weighted by Gasteiger charge is -2.02.